The first-order valence-electron chi connectivity index (χ1n) is 9.77. The first kappa shape index (κ1) is 18.9. The predicted octanol–water partition coefficient (Wildman–Crippen LogP) is 1.07. The number of aliphatic hydroxyl groups excluding tert-OH is 1. The smallest absolute Gasteiger partial charge is 0.251 e. The van der Waals surface area contributed by atoms with Gasteiger partial charge in [-0.3, -0.25) is 9.59 Å². The number of carbonyl (C=O) groups excluding carboxylic acids is 2. The standard InChI is InChI=1S/C20H26N4O4/c1-11-8-24(9-12(2)28-11)20(27)14-6-17(18(25)7-14)23-19(26)13-3-4-15-16(5-13)22-10-21-15/h3-5,10-12,14,17-18,25H,6-9H2,1-2H3,(H,21,22)(H,23,26)/t11-,12+,14-,17+,18+/m0/s1. The molecule has 1 aromatic carbocycles. The summed E-state index contributed by atoms with van der Waals surface area (Å²) in [6.45, 7) is 5.05. The maximum absolute atomic E-state index is 12.9. The minimum atomic E-state index is -0.732. The van der Waals surface area contributed by atoms with E-state index in [-0.39, 0.29) is 29.9 Å². The molecule has 5 atom stereocenters. The van der Waals surface area contributed by atoms with Crippen LogP contribution < -0.4 is 5.32 Å². The van der Waals surface area contributed by atoms with E-state index < -0.39 is 12.1 Å². The number of hydrogen-bond donors (Lipinski definition) is 3. The molecule has 0 spiro atoms. The van der Waals surface area contributed by atoms with Gasteiger partial charge in [0.05, 0.1) is 41.7 Å². The van der Waals surface area contributed by atoms with E-state index >= 15 is 0 Å². The van der Waals surface area contributed by atoms with E-state index in [2.05, 4.69) is 15.3 Å². The second-order valence-corrected chi connectivity index (χ2v) is 7.95. The zero-order valence-corrected chi connectivity index (χ0v) is 16.1. The number of morpholine rings is 1. The molecule has 8 heteroatoms. The Morgan fingerprint density at radius 2 is 2.00 bits per heavy atom. The van der Waals surface area contributed by atoms with Crippen molar-refractivity contribution in [2.24, 2.45) is 5.92 Å². The molecule has 1 aliphatic carbocycles. The molecule has 3 N–H and O–H groups in total. The van der Waals surface area contributed by atoms with E-state index in [1.54, 1.807) is 24.5 Å². The SMILES string of the molecule is C[C@@H]1CN(C(=O)[C@@H]2C[C@@H](O)[C@H](NC(=O)c3ccc4nc[nH]c4c3)C2)C[C@H](C)O1. The molecular weight excluding hydrogens is 360 g/mol. The quantitative estimate of drug-likeness (QED) is 0.731. The summed E-state index contributed by atoms with van der Waals surface area (Å²) >= 11 is 0. The van der Waals surface area contributed by atoms with Gasteiger partial charge in [-0.2, -0.15) is 0 Å². The number of nitrogens with one attached hydrogen (secondary N) is 2. The average Bonchev–Trinajstić information content (AvgIpc) is 3.26. The van der Waals surface area contributed by atoms with Gasteiger partial charge in [0.15, 0.2) is 0 Å². The maximum atomic E-state index is 12.9. The fourth-order valence-electron chi connectivity index (χ4n) is 4.32. The molecule has 1 saturated heterocycles. The number of aliphatic hydroxyl groups is 1. The lowest BCUT2D eigenvalue weighted by molar-refractivity contribution is -0.147. The topological polar surface area (TPSA) is 108 Å². The Morgan fingerprint density at radius 1 is 1.25 bits per heavy atom. The molecule has 28 heavy (non-hydrogen) atoms. The van der Waals surface area contributed by atoms with Crippen molar-refractivity contribution in [3.63, 3.8) is 0 Å². The van der Waals surface area contributed by atoms with Crippen LogP contribution in [0, 0.1) is 5.92 Å². The summed E-state index contributed by atoms with van der Waals surface area (Å²) in [5, 5.41) is 13.3. The van der Waals surface area contributed by atoms with Crippen molar-refractivity contribution in [1.29, 1.82) is 0 Å². The van der Waals surface area contributed by atoms with E-state index in [0.29, 0.717) is 31.5 Å². The van der Waals surface area contributed by atoms with Crippen LogP contribution in [-0.4, -0.2) is 69.2 Å². The number of hydrogen-bond acceptors (Lipinski definition) is 5. The highest BCUT2D eigenvalue weighted by Crippen LogP contribution is 2.29. The lowest BCUT2D eigenvalue weighted by atomic mass is 10.0. The Kier molecular flexibility index (Phi) is 5.07. The van der Waals surface area contributed by atoms with Crippen molar-refractivity contribution in [1.82, 2.24) is 20.2 Å². The molecule has 2 fully saturated rings. The van der Waals surface area contributed by atoms with Crippen LogP contribution in [0.3, 0.4) is 0 Å². The highest BCUT2D eigenvalue weighted by Gasteiger charge is 2.40. The van der Waals surface area contributed by atoms with E-state index in [0.717, 1.165) is 11.0 Å². The third-order valence-electron chi connectivity index (χ3n) is 5.61. The van der Waals surface area contributed by atoms with Crippen molar-refractivity contribution >= 4 is 22.8 Å². The van der Waals surface area contributed by atoms with Crippen LogP contribution in [0.25, 0.3) is 11.0 Å². The molecule has 8 nitrogen and oxygen atoms in total. The molecule has 2 aliphatic rings. The van der Waals surface area contributed by atoms with E-state index in [4.69, 9.17) is 4.74 Å². The predicted molar refractivity (Wildman–Crippen MR) is 103 cm³/mol. The number of imidazole rings is 1. The number of benzene rings is 1. The van der Waals surface area contributed by atoms with Gasteiger partial charge in [0, 0.05) is 24.6 Å². The number of carbonyl (C=O) groups is 2. The van der Waals surface area contributed by atoms with Gasteiger partial charge in [0.25, 0.3) is 5.91 Å². The normalized spacial score (nSPS) is 30.5. The van der Waals surface area contributed by atoms with Crippen molar-refractivity contribution in [2.45, 2.75) is 51.0 Å². The Morgan fingerprint density at radius 3 is 2.75 bits per heavy atom. The van der Waals surface area contributed by atoms with Crippen LogP contribution in [0.1, 0.15) is 37.0 Å². The summed E-state index contributed by atoms with van der Waals surface area (Å²) in [6, 6.07) is 4.78. The first-order valence-corrected chi connectivity index (χ1v) is 9.77. The molecule has 0 radical (unpaired) electrons. The molecule has 4 rings (SSSR count). The third kappa shape index (κ3) is 3.74. The second-order valence-electron chi connectivity index (χ2n) is 7.95. The fourth-order valence-corrected chi connectivity index (χ4v) is 4.32. The Hall–Kier alpha value is -2.45. The number of rotatable bonds is 3. The summed E-state index contributed by atoms with van der Waals surface area (Å²) in [4.78, 5) is 34.4. The van der Waals surface area contributed by atoms with Crippen LogP contribution in [0.5, 0.6) is 0 Å². The summed E-state index contributed by atoms with van der Waals surface area (Å²) in [7, 11) is 0. The van der Waals surface area contributed by atoms with Crippen molar-refractivity contribution < 1.29 is 19.4 Å². The molecule has 2 heterocycles. The summed E-state index contributed by atoms with van der Waals surface area (Å²) in [5.74, 6) is -0.508. The molecule has 2 aromatic rings. The molecule has 2 amide bonds. The molecule has 1 aromatic heterocycles. The lowest BCUT2D eigenvalue weighted by Gasteiger charge is -2.36. The Balaban J connectivity index is 1.39. The number of H-pyrrole nitrogens is 1. The average molecular weight is 386 g/mol. The Labute approximate surface area is 163 Å². The van der Waals surface area contributed by atoms with E-state index in [9.17, 15) is 14.7 Å². The van der Waals surface area contributed by atoms with Crippen molar-refractivity contribution in [2.75, 3.05) is 13.1 Å². The summed E-state index contributed by atoms with van der Waals surface area (Å²) in [5.41, 5.74) is 2.06. The van der Waals surface area contributed by atoms with E-state index in [1.807, 2.05) is 18.7 Å². The van der Waals surface area contributed by atoms with E-state index in [1.165, 1.54) is 0 Å². The van der Waals surface area contributed by atoms with Crippen LogP contribution in [0.4, 0.5) is 0 Å². The molecule has 150 valence electrons. The number of ether oxygens (including phenoxy) is 1. The van der Waals surface area contributed by atoms with Gasteiger partial charge in [0.1, 0.15) is 0 Å². The zero-order valence-electron chi connectivity index (χ0n) is 16.1. The molecule has 0 unspecified atom stereocenters. The van der Waals surface area contributed by atoms with Gasteiger partial charge in [-0.25, -0.2) is 4.98 Å². The molecule has 1 aliphatic heterocycles. The molecular formula is C20H26N4O4. The fraction of sp³-hybridized carbons (Fsp3) is 0.550. The van der Waals surface area contributed by atoms with Crippen molar-refractivity contribution in [3.05, 3.63) is 30.1 Å². The van der Waals surface area contributed by atoms with Gasteiger partial charge in [0.2, 0.25) is 5.91 Å². The monoisotopic (exact) mass is 386 g/mol. The van der Waals surface area contributed by atoms with Gasteiger partial charge in [-0.1, -0.05) is 0 Å². The van der Waals surface area contributed by atoms with Gasteiger partial charge >= 0.3 is 0 Å². The maximum Gasteiger partial charge on any atom is 0.251 e. The highest BCUT2D eigenvalue weighted by molar-refractivity contribution is 5.97. The van der Waals surface area contributed by atoms with Gasteiger partial charge in [-0.05, 0) is 44.9 Å². The highest BCUT2D eigenvalue weighted by atomic mass is 16.5. The van der Waals surface area contributed by atoms with Crippen LogP contribution in [0.2, 0.25) is 0 Å². The minimum Gasteiger partial charge on any atom is -0.391 e. The van der Waals surface area contributed by atoms with Crippen molar-refractivity contribution in [3.8, 4) is 0 Å². The number of amides is 2. The molecule has 0 bridgehead atoms. The van der Waals surface area contributed by atoms with Crippen LogP contribution in [-0.2, 0) is 9.53 Å². The summed E-state index contributed by atoms with van der Waals surface area (Å²) in [6.07, 6.45) is 1.67. The molecule has 1 saturated carbocycles. The number of aromatic nitrogens is 2. The second kappa shape index (κ2) is 7.52. The van der Waals surface area contributed by atoms with Crippen LogP contribution in [0.15, 0.2) is 24.5 Å². The Bertz CT molecular complexity index is 872. The third-order valence-corrected chi connectivity index (χ3v) is 5.61. The number of fused-ring (bicyclic) bond motifs is 1. The largest absolute Gasteiger partial charge is 0.391 e. The summed E-state index contributed by atoms with van der Waals surface area (Å²) < 4.78 is 5.69. The first-order chi connectivity index (χ1) is 13.4. The van der Waals surface area contributed by atoms with Gasteiger partial charge in [-0.15, -0.1) is 0 Å². The zero-order chi connectivity index (χ0) is 19.8. The number of aromatic amines is 1. The lowest BCUT2D eigenvalue weighted by Crippen LogP contribution is -2.50. The van der Waals surface area contributed by atoms with Gasteiger partial charge < -0.3 is 25.0 Å². The van der Waals surface area contributed by atoms with Crippen LogP contribution >= 0.6 is 0 Å². The number of nitrogens with zero attached hydrogens (tertiary/aromatic N) is 2. The minimum absolute atomic E-state index is 0.00641.